The molecule has 0 radical (unpaired) electrons. The summed E-state index contributed by atoms with van der Waals surface area (Å²) in [5.74, 6) is 1.27. The van der Waals surface area contributed by atoms with E-state index in [0.29, 0.717) is 17.5 Å². The molecule has 1 rings (SSSR count). The highest BCUT2D eigenvalue weighted by molar-refractivity contribution is 6.32. The molecule has 0 saturated carbocycles. The molecule has 0 aliphatic rings. The van der Waals surface area contributed by atoms with Crippen molar-refractivity contribution in [1.29, 1.82) is 0 Å². The molecule has 2 nitrogen and oxygen atoms in total. The quantitative estimate of drug-likeness (QED) is 0.862. The lowest BCUT2D eigenvalue weighted by Crippen LogP contribution is -2.35. The van der Waals surface area contributed by atoms with Gasteiger partial charge >= 0.3 is 0 Å². The van der Waals surface area contributed by atoms with Gasteiger partial charge in [-0.1, -0.05) is 31.5 Å². The summed E-state index contributed by atoms with van der Waals surface area (Å²) in [6.07, 6.45) is 0. The lowest BCUT2D eigenvalue weighted by molar-refractivity contribution is 0.271. The third-order valence-electron chi connectivity index (χ3n) is 2.39. The summed E-state index contributed by atoms with van der Waals surface area (Å²) in [6, 6.07) is 5.97. The van der Waals surface area contributed by atoms with Gasteiger partial charge in [0.1, 0.15) is 5.75 Å². The van der Waals surface area contributed by atoms with Crippen molar-refractivity contribution in [2.45, 2.75) is 46.7 Å². The molecule has 0 bridgehead atoms. The molecular weight excluding hydrogens is 246 g/mol. The molecule has 0 atom stereocenters. The maximum absolute atomic E-state index is 6.21. The number of hydrogen-bond donors (Lipinski definition) is 1. The molecular formula is C15H24ClNO. The fraction of sp³-hybridized carbons (Fsp3) is 0.600. The normalized spacial score (nSPS) is 11.9. The molecule has 1 aromatic rings. The van der Waals surface area contributed by atoms with E-state index in [0.717, 1.165) is 12.3 Å². The number of rotatable bonds is 5. The summed E-state index contributed by atoms with van der Waals surface area (Å²) in [5, 5.41) is 4.12. The SMILES string of the molecule is CC(C)COc1ccc(CNC(C)(C)C)cc1Cl. The number of ether oxygens (including phenoxy) is 1. The molecule has 0 fully saturated rings. The highest BCUT2D eigenvalue weighted by Gasteiger charge is 2.09. The molecule has 0 amide bonds. The molecule has 0 aliphatic heterocycles. The fourth-order valence-corrected chi connectivity index (χ4v) is 1.65. The van der Waals surface area contributed by atoms with Crippen molar-refractivity contribution in [1.82, 2.24) is 5.32 Å². The second-order valence-corrected chi connectivity index (χ2v) is 6.48. The predicted octanol–water partition coefficient (Wildman–Crippen LogP) is 4.26. The van der Waals surface area contributed by atoms with E-state index in [-0.39, 0.29) is 5.54 Å². The standard InChI is InChI=1S/C15H24ClNO/c1-11(2)10-18-14-7-6-12(8-13(14)16)9-17-15(3,4)5/h6-8,11,17H,9-10H2,1-5H3. The Morgan fingerprint density at radius 1 is 1.28 bits per heavy atom. The summed E-state index contributed by atoms with van der Waals surface area (Å²) in [7, 11) is 0. The van der Waals surface area contributed by atoms with Crippen LogP contribution in [0.25, 0.3) is 0 Å². The van der Waals surface area contributed by atoms with E-state index in [1.807, 2.05) is 12.1 Å². The Labute approximate surface area is 116 Å². The van der Waals surface area contributed by atoms with Crippen molar-refractivity contribution >= 4 is 11.6 Å². The van der Waals surface area contributed by atoms with Gasteiger partial charge < -0.3 is 10.1 Å². The Morgan fingerprint density at radius 2 is 1.94 bits per heavy atom. The first kappa shape index (κ1) is 15.3. The topological polar surface area (TPSA) is 21.3 Å². The first-order valence-electron chi connectivity index (χ1n) is 6.44. The average molecular weight is 270 g/mol. The molecule has 0 saturated heterocycles. The minimum Gasteiger partial charge on any atom is -0.492 e. The zero-order valence-corrected chi connectivity index (χ0v) is 12.8. The molecule has 3 heteroatoms. The number of halogens is 1. The summed E-state index contributed by atoms with van der Waals surface area (Å²) >= 11 is 6.21. The van der Waals surface area contributed by atoms with Gasteiger partial charge in [-0.2, -0.15) is 0 Å². The summed E-state index contributed by atoms with van der Waals surface area (Å²) < 4.78 is 5.65. The van der Waals surface area contributed by atoms with Crippen LogP contribution in [0.1, 0.15) is 40.2 Å². The van der Waals surface area contributed by atoms with Crippen molar-refractivity contribution in [3.63, 3.8) is 0 Å². The molecule has 0 spiro atoms. The Hall–Kier alpha value is -0.730. The zero-order valence-electron chi connectivity index (χ0n) is 12.0. The molecule has 1 N–H and O–H groups in total. The van der Waals surface area contributed by atoms with E-state index >= 15 is 0 Å². The first-order valence-corrected chi connectivity index (χ1v) is 6.82. The van der Waals surface area contributed by atoms with Crippen LogP contribution in [0.3, 0.4) is 0 Å². The second kappa shape index (κ2) is 6.44. The second-order valence-electron chi connectivity index (χ2n) is 6.07. The maximum atomic E-state index is 6.21. The van der Waals surface area contributed by atoms with E-state index in [1.165, 1.54) is 5.56 Å². The smallest absolute Gasteiger partial charge is 0.137 e. The lowest BCUT2D eigenvalue weighted by Gasteiger charge is -2.20. The molecule has 0 unspecified atom stereocenters. The zero-order chi connectivity index (χ0) is 13.8. The van der Waals surface area contributed by atoms with Crippen molar-refractivity contribution in [2.75, 3.05) is 6.61 Å². The molecule has 0 aliphatic carbocycles. The van der Waals surface area contributed by atoms with Gasteiger partial charge in [0, 0.05) is 12.1 Å². The Morgan fingerprint density at radius 3 is 2.44 bits per heavy atom. The minimum absolute atomic E-state index is 0.110. The highest BCUT2D eigenvalue weighted by atomic mass is 35.5. The van der Waals surface area contributed by atoms with Crippen LogP contribution in [0.4, 0.5) is 0 Å². The van der Waals surface area contributed by atoms with Gasteiger partial charge in [-0.3, -0.25) is 0 Å². The van der Waals surface area contributed by atoms with Gasteiger partial charge in [0.15, 0.2) is 0 Å². The third kappa shape index (κ3) is 5.74. The third-order valence-corrected chi connectivity index (χ3v) is 2.69. The van der Waals surface area contributed by atoms with Crippen molar-refractivity contribution in [2.24, 2.45) is 5.92 Å². The molecule has 1 aromatic carbocycles. The number of nitrogens with one attached hydrogen (secondary N) is 1. The minimum atomic E-state index is 0.110. The van der Waals surface area contributed by atoms with E-state index in [2.05, 4.69) is 46.0 Å². The Balaban J connectivity index is 2.62. The van der Waals surface area contributed by atoms with Gasteiger partial charge in [-0.15, -0.1) is 0 Å². The van der Waals surface area contributed by atoms with Crippen LogP contribution in [0.5, 0.6) is 5.75 Å². The predicted molar refractivity (Wildman–Crippen MR) is 78.4 cm³/mol. The van der Waals surface area contributed by atoms with Gasteiger partial charge in [-0.05, 0) is 44.4 Å². The highest BCUT2D eigenvalue weighted by Crippen LogP contribution is 2.26. The van der Waals surface area contributed by atoms with Crippen LogP contribution < -0.4 is 10.1 Å². The summed E-state index contributed by atoms with van der Waals surface area (Å²) in [4.78, 5) is 0. The van der Waals surface area contributed by atoms with Crippen LogP contribution in [-0.4, -0.2) is 12.1 Å². The molecule has 18 heavy (non-hydrogen) atoms. The molecule has 0 heterocycles. The van der Waals surface area contributed by atoms with E-state index in [9.17, 15) is 0 Å². The van der Waals surface area contributed by atoms with Gasteiger partial charge in [-0.25, -0.2) is 0 Å². The monoisotopic (exact) mass is 269 g/mol. The maximum Gasteiger partial charge on any atom is 0.137 e. The summed E-state index contributed by atoms with van der Waals surface area (Å²) in [5.41, 5.74) is 1.28. The summed E-state index contributed by atoms with van der Waals surface area (Å²) in [6.45, 7) is 12.2. The first-order chi connectivity index (χ1) is 8.28. The van der Waals surface area contributed by atoms with Crippen LogP contribution in [0.15, 0.2) is 18.2 Å². The van der Waals surface area contributed by atoms with Crippen molar-refractivity contribution < 1.29 is 4.74 Å². The van der Waals surface area contributed by atoms with Crippen LogP contribution in [0.2, 0.25) is 5.02 Å². The van der Waals surface area contributed by atoms with E-state index in [1.54, 1.807) is 0 Å². The van der Waals surface area contributed by atoms with Crippen LogP contribution in [-0.2, 0) is 6.54 Å². The van der Waals surface area contributed by atoms with E-state index < -0.39 is 0 Å². The Kier molecular flexibility index (Phi) is 5.48. The fourth-order valence-electron chi connectivity index (χ4n) is 1.40. The number of benzene rings is 1. The van der Waals surface area contributed by atoms with Gasteiger partial charge in [0.25, 0.3) is 0 Å². The van der Waals surface area contributed by atoms with Gasteiger partial charge in [0.2, 0.25) is 0 Å². The average Bonchev–Trinajstić information content (AvgIpc) is 2.24. The van der Waals surface area contributed by atoms with Gasteiger partial charge in [0.05, 0.1) is 11.6 Å². The largest absolute Gasteiger partial charge is 0.492 e. The van der Waals surface area contributed by atoms with Crippen molar-refractivity contribution in [3.8, 4) is 5.75 Å². The molecule has 102 valence electrons. The van der Waals surface area contributed by atoms with Crippen LogP contribution >= 0.6 is 11.6 Å². The van der Waals surface area contributed by atoms with E-state index in [4.69, 9.17) is 16.3 Å². The van der Waals surface area contributed by atoms with Crippen LogP contribution in [0, 0.1) is 5.92 Å². The Bertz CT molecular complexity index is 383. The number of hydrogen-bond acceptors (Lipinski definition) is 2. The molecule has 0 aromatic heterocycles. The van der Waals surface area contributed by atoms with Crippen molar-refractivity contribution in [3.05, 3.63) is 28.8 Å². The lowest BCUT2D eigenvalue weighted by atomic mass is 10.1.